The Morgan fingerprint density at radius 1 is 1.32 bits per heavy atom. The minimum Gasteiger partial charge on any atom is -0.390 e. The molecule has 0 bridgehead atoms. The molecular formula is C13H25N3O3. The molecule has 0 aliphatic rings. The van der Waals surface area contributed by atoms with Crippen molar-refractivity contribution in [3.8, 4) is 0 Å². The van der Waals surface area contributed by atoms with E-state index in [4.69, 9.17) is 9.47 Å². The Hall–Kier alpha value is -0.950. The lowest BCUT2D eigenvalue weighted by atomic mass is 10.3. The van der Waals surface area contributed by atoms with Crippen LogP contribution in [0.4, 0.5) is 0 Å². The molecule has 2 N–H and O–H groups in total. The minimum atomic E-state index is -0.405. The zero-order chi connectivity index (χ0) is 13.8. The Kier molecular flexibility index (Phi) is 9.26. The lowest BCUT2D eigenvalue weighted by Crippen LogP contribution is -2.31. The standard InChI is InChI=1S/C13H25N3O3/c1-18-9-10-19-8-3-2-5-14-11-13(17)12-16-7-4-6-15-16/h4,6-7,13-14,17H,2-3,5,8-12H2,1H3. The van der Waals surface area contributed by atoms with Gasteiger partial charge in [0.15, 0.2) is 0 Å². The molecule has 1 unspecified atom stereocenters. The first-order valence-electron chi connectivity index (χ1n) is 6.76. The number of nitrogens with one attached hydrogen (secondary N) is 1. The third-order valence-electron chi connectivity index (χ3n) is 2.66. The highest BCUT2D eigenvalue weighted by Crippen LogP contribution is 1.92. The van der Waals surface area contributed by atoms with E-state index in [2.05, 4.69) is 10.4 Å². The first-order chi connectivity index (χ1) is 9.33. The summed E-state index contributed by atoms with van der Waals surface area (Å²) in [5.74, 6) is 0. The predicted octanol–water partition coefficient (Wildman–Crippen LogP) is 0.277. The Morgan fingerprint density at radius 2 is 2.21 bits per heavy atom. The SMILES string of the molecule is COCCOCCCCNCC(O)Cn1cccn1. The summed E-state index contributed by atoms with van der Waals surface area (Å²) in [5, 5.41) is 17.0. The van der Waals surface area contributed by atoms with E-state index in [-0.39, 0.29) is 0 Å². The molecule has 1 rings (SSSR count). The van der Waals surface area contributed by atoms with Crippen LogP contribution in [0.25, 0.3) is 0 Å². The highest BCUT2D eigenvalue weighted by Gasteiger charge is 2.04. The number of methoxy groups -OCH3 is 1. The van der Waals surface area contributed by atoms with Crippen molar-refractivity contribution in [1.82, 2.24) is 15.1 Å². The number of unbranched alkanes of at least 4 members (excludes halogenated alkanes) is 1. The number of aliphatic hydroxyl groups is 1. The maximum absolute atomic E-state index is 9.76. The van der Waals surface area contributed by atoms with Crippen molar-refractivity contribution < 1.29 is 14.6 Å². The third-order valence-corrected chi connectivity index (χ3v) is 2.66. The van der Waals surface area contributed by atoms with Crippen LogP contribution in [0.5, 0.6) is 0 Å². The van der Waals surface area contributed by atoms with Gasteiger partial charge in [-0.05, 0) is 25.5 Å². The molecule has 1 aromatic heterocycles. The van der Waals surface area contributed by atoms with Crippen molar-refractivity contribution in [2.75, 3.05) is 40.0 Å². The molecule has 0 aliphatic heterocycles. The van der Waals surface area contributed by atoms with E-state index in [9.17, 15) is 5.11 Å². The molecule has 0 saturated heterocycles. The maximum atomic E-state index is 9.76. The average molecular weight is 271 g/mol. The Labute approximate surface area is 114 Å². The van der Waals surface area contributed by atoms with Crippen LogP contribution in [0, 0.1) is 0 Å². The van der Waals surface area contributed by atoms with E-state index in [1.54, 1.807) is 18.0 Å². The summed E-state index contributed by atoms with van der Waals surface area (Å²) in [4.78, 5) is 0. The zero-order valence-corrected chi connectivity index (χ0v) is 11.6. The Bertz CT molecular complexity index is 293. The van der Waals surface area contributed by atoms with Gasteiger partial charge in [-0.15, -0.1) is 0 Å². The zero-order valence-electron chi connectivity index (χ0n) is 11.6. The van der Waals surface area contributed by atoms with Crippen LogP contribution in [-0.4, -0.2) is 61.0 Å². The van der Waals surface area contributed by atoms with Crippen LogP contribution in [0.1, 0.15) is 12.8 Å². The fourth-order valence-corrected chi connectivity index (χ4v) is 1.66. The number of hydrogen-bond acceptors (Lipinski definition) is 5. The molecule has 19 heavy (non-hydrogen) atoms. The fraction of sp³-hybridized carbons (Fsp3) is 0.769. The molecule has 0 spiro atoms. The van der Waals surface area contributed by atoms with Crippen LogP contribution in [-0.2, 0) is 16.0 Å². The van der Waals surface area contributed by atoms with Crippen molar-refractivity contribution in [1.29, 1.82) is 0 Å². The van der Waals surface area contributed by atoms with Crippen molar-refractivity contribution >= 4 is 0 Å². The van der Waals surface area contributed by atoms with Gasteiger partial charge >= 0.3 is 0 Å². The molecular weight excluding hydrogens is 246 g/mol. The van der Waals surface area contributed by atoms with Gasteiger partial charge in [-0.2, -0.15) is 5.10 Å². The lowest BCUT2D eigenvalue weighted by Gasteiger charge is -2.11. The summed E-state index contributed by atoms with van der Waals surface area (Å²) < 4.78 is 12.0. The molecule has 0 aliphatic carbocycles. The second-order valence-corrected chi connectivity index (χ2v) is 4.40. The van der Waals surface area contributed by atoms with E-state index in [1.807, 2.05) is 12.3 Å². The fourth-order valence-electron chi connectivity index (χ4n) is 1.66. The summed E-state index contributed by atoms with van der Waals surface area (Å²) in [6, 6.07) is 1.85. The van der Waals surface area contributed by atoms with E-state index in [1.165, 1.54) is 0 Å². The maximum Gasteiger partial charge on any atom is 0.0860 e. The number of aliphatic hydroxyl groups excluding tert-OH is 1. The van der Waals surface area contributed by atoms with E-state index in [0.29, 0.717) is 26.3 Å². The second-order valence-electron chi connectivity index (χ2n) is 4.40. The number of ether oxygens (including phenoxy) is 2. The molecule has 6 nitrogen and oxygen atoms in total. The Balaban J connectivity index is 1.85. The second kappa shape index (κ2) is 10.9. The molecule has 0 aromatic carbocycles. The molecule has 0 radical (unpaired) electrons. The molecule has 1 aromatic rings. The number of hydrogen-bond donors (Lipinski definition) is 2. The topological polar surface area (TPSA) is 68.5 Å². The number of aromatic nitrogens is 2. The van der Waals surface area contributed by atoms with E-state index >= 15 is 0 Å². The number of rotatable bonds is 12. The van der Waals surface area contributed by atoms with Gasteiger partial charge < -0.3 is 19.9 Å². The summed E-state index contributed by atoms with van der Waals surface area (Å²) in [6.45, 7) is 4.08. The van der Waals surface area contributed by atoms with Crippen LogP contribution < -0.4 is 5.32 Å². The van der Waals surface area contributed by atoms with Gasteiger partial charge in [0, 0.05) is 32.7 Å². The van der Waals surface area contributed by atoms with Crippen LogP contribution >= 0.6 is 0 Å². The molecule has 0 amide bonds. The smallest absolute Gasteiger partial charge is 0.0860 e. The van der Waals surface area contributed by atoms with Gasteiger partial charge in [0.2, 0.25) is 0 Å². The van der Waals surface area contributed by atoms with Gasteiger partial charge in [0.25, 0.3) is 0 Å². The van der Waals surface area contributed by atoms with Gasteiger partial charge in [0.05, 0.1) is 25.9 Å². The lowest BCUT2D eigenvalue weighted by molar-refractivity contribution is 0.0686. The first kappa shape index (κ1) is 16.1. The van der Waals surface area contributed by atoms with Crippen molar-refractivity contribution in [2.45, 2.75) is 25.5 Å². The predicted molar refractivity (Wildman–Crippen MR) is 73.0 cm³/mol. The average Bonchev–Trinajstić information content (AvgIpc) is 2.89. The van der Waals surface area contributed by atoms with Gasteiger partial charge in [-0.1, -0.05) is 0 Å². The Morgan fingerprint density at radius 3 is 2.95 bits per heavy atom. The normalized spacial score (nSPS) is 12.7. The number of nitrogens with zero attached hydrogens (tertiary/aromatic N) is 2. The monoisotopic (exact) mass is 271 g/mol. The summed E-state index contributed by atoms with van der Waals surface area (Å²) in [7, 11) is 1.67. The molecule has 0 fully saturated rings. The van der Waals surface area contributed by atoms with Crippen LogP contribution in [0.3, 0.4) is 0 Å². The third kappa shape index (κ3) is 8.72. The summed E-state index contributed by atoms with van der Waals surface area (Å²) in [5.41, 5.74) is 0. The minimum absolute atomic E-state index is 0.405. The van der Waals surface area contributed by atoms with Crippen LogP contribution in [0.2, 0.25) is 0 Å². The van der Waals surface area contributed by atoms with Crippen LogP contribution in [0.15, 0.2) is 18.5 Å². The molecule has 1 heterocycles. The molecule has 0 saturated carbocycles. The van der Waals surface area contributed by atoms with E-state index in [0.717, 1.165) is 26.0 Å². The van der Waals surface area contributed by atoms with Gasteiger partial charge in [-0.3, -0.25) is 4.68 Å². The molecule has 110 valence electrons. The van der Waals surface area contributed by atoms with Gasteiger partial charge in [0.1, 0.15) is 0 Å². The molecule has 1 atom stereocenters. The van der Waals surface area contributed by atoms with Gasteiger partial charge in [-0.25, -0.2) is 0 Å². The highest BCUT2D eigenvalue weighted by molar-refractivity contribution is 4.78. The summed E-state index contributed by atoms with van der Waals surface area (Å²) in [6.07, 6.45) is 5.22. The van der Waals surface area contributed by atoms with E-state index < -0.39 is 6.10 Å². The van der Waals surface area contributed by atoms with Crippen molar-refractivity contribution in [2.24, 2.45) is 0 Å². The summed E-state index contributed by atoms with van der Waals surface area (Å²) >= 11 is 0. The van der Waals surface area contributed by atoms with Crippen molar-refractivity contribution in [3.05, 3.63) is 18.5 Å². The van der Waals surface area contributed by atoms with Crippen molar-refractivity contribution in [3.63, 3.8) is 0 Å². The highest BCUT2D eigenvalue weighted by atomic mass is 16.5. The largest absolute Gasteiger partial charge is 0.390 e. The molecule has 6 heteroatoms. The first-order valence-corrected chi connectivity index (χ1v) is 6.76. The quantitative estimate of drug-likeness (QED) is 0.534.